The molecule has 1 unspecified atom stereocenters. The van der Waals surface area contributed by atoms with Crippen molar-refractivity contribution >= 4 is 34.8 Å². The van der Waals surface area contributed by atoms with Crippen molar-refractivity contribution in [3.8, 4) is 5.75 Å². The van der Waals surface area contributed by atoms with Gasteiger partial charge in [-0.25, -0.2) is 0 Å². The Morgan fingerprint density at radius 2 is 1.81 bits per heavy atom. The maximum absolute atomic E-state index is 6.00. The lowest BCUT2D eigenvalue weighted by Crippen LogP contribution is -2.19. The SMILES string of the molecule is CCC(CCN)Oc1cc(Cl)c(Cl)cc1Cl. The van der Waals surface area contributed by atoms with E-state index in [1.165, 1.54) is 0 Å². The number of ether oxygens (including phenoxy) is 1. The number of rotatable bonds is 5. The fraction of sp³-hybridized carbons (Fsp3) is 0.455. The molecular weight excluding hydrogens is 268 g/mol. The normalized spacial score (nSPS) is 12.6. The van der Waals surface area contributed by atoms with Crippen LogP contribution in [-0.4, -0.2) is 12.6 Å². The summed E-state index contributed by atoms with van der Waals surface area (Å²) in [5.41, 5.74) is 5.49. The van der Waals surface area contributed by atoms with E-state index in [1.807, 2.05) is 6.92 Å². The van der Waals surface area contributed by atoms with E-state index in [9.17, 15) is 0 Å². The molecule has 1 rings (SSSR count). The molecule has 0 spiro atoms. The van der Waals surface area contributed by atoms with Crippen molar-refractivity contribution in [2.75, 3.05) is 6.54 Å². The van der Waals surface area contributed by atoms with Gasteiger partial charge in [-0.1, -0.05) is 41.7 Å². The lowest BCUT2D eigenvalue weighted by Gasteiger charge is -2.18. The Morgan fingerprint density at radius 3 is 2.38 bits per heavy atom. The molecule has 0 fully saturated rings. The van der Waals surface area contributed by atoms with Gasteiger partial charge >= 0.3 is 0 Å². The first-order valence-corrected chi connectivity index (χ1v) is 6.23. The minimum atomic E-state index is 0.0553. The molecule has 1 aromatic carbocycles. The second-order valence-electron chi connectivity index (χ2n) is 3.42. The minimum Gasteiger partial charge on any atom is -0.489 e. The summed E-state index contributed by atoms with van der Waals surface area (Å²) in [5.74, 6) is 0.552. The quantitative estimate of drug-likeness (QED) is 0.823. The lowest BCUT2D eigenvalue weighted by molar-refractivity contribution is 0.189. The smallest absolute Gasteiger partial charge is 0.139 e. The summed E-state index contributed by atoms with van der Waals surface area (Å²) in [6, 6.07) is 3.21. The van der Waals surface area contributed by atoms with Gasteiger partial charge in [0.1, 0.15) is 5.75 Å². The van der Waals surface area contributed by atoms with E-state index in [2.05, 4.69) is 0 Å². The van der Waals surface area contributed by atoms with Crippen LogP contribution in [0.15, 0.2) is 12.1 Å². The topological polar surface area (TPSA) is 35.2 Å². The summed E-state index contributed by atoms with van der Waals surface area (Å²) < 4.78 is 5.72. The van der Waals surface area contributed by atoms with Crippen LogP contribution in [-0.2, 0) is 0 Å². The fourth-order valence-electron chi connectivity index (χ4n) is 1.31. The summed E-state index contributed by atoms with van der Waals surface area (Å²) in [6.45, 7) is 2.61. The van der Waals surface area contributed by atoms with Crippen LogP contribution in [0.4, 0.5) is 0 Å². The van der Waals surface area contributed by atoms with Gasteiger partial charge in [-0.2, -0.15) is 0 Å². The molecule has 16 heavy (non-hydrogen) atoms. The third-order valence-corrected chi connectivity index (χ3v) is 3.23. The van der Waals surface area contributed by atoms with Crippen molar-refractivity contribution in [1.29, 1.82) is 0 Å². The Balaban J connectivity index is 2.83. The summed E-state index contributed by atoms with van der Waals surface area (Å²) in [6.07, 6.45) is 1.71. The first kappa shape index (κ1) is 13.9. The van der Waals surface area contributed by atoms with Crippen molar-refractivity contribution in [1.82, 2.24) is 0 Å². The first-order chi connectivity index (χ1) is 7.58. The van der Waals surface area contributed by atoms with E-state index in [-0.39, 0.29) is 6.10 Å². The zero-order valence-electron chi connectivity index (χ0n) is 8.97. The molecule has 1 aromatic rings. The molecule has 90 valence electrons. The molecule has 0 aromatic heterocycles. The average Bonchev–Trinajstić information content (AvgIpc) is 2.25. The van der Waals surface area contributed by atoms with Crippen LogP contribution in [0.1, 0.15) is 19.8 Å². The van der Waals surface area contributed by atoms with Crippen LogP contribution in [0.2, 0.25) is 15.1 Å². The predicted octanol–water partition coefficient (Wildman–Crippen LogP) is 4.15. The fourth-order valence-corrected chi connectivity index (χ4v) is 1.89. The lowest BCUT2D eigenvalue weighted by atomic mass is 10.2. The van der Waals surface area contributed by atoms with Gasteiger partial charge in [0, 0.05) is 6.07 Å². The Morgan fingerprint density at radius 1 is 1.19 bits per heavy atom. The Hall–Kier alpha value is -0.150. The highest BCUT2D eigenvalue weighted by atomic mass is 35.5. The van der Waals surface area contributed by atoms with E-state index < -0.39 is 0 Å². The number of halogens is 3. The van der Waals surface area contributed by atoms with Crippen molar-refractivity contribution in [3.63, 3.8) is 0 Å². The Labute approximate surface area is 111 Å². The Kier molecular flexibility index (Phi) is 5.70. The third-order valence-electron chi connectivity index (χ3n) is 2.21. The van der Waals surface area contributed by atoms with Crippen LogP contribution in [0.3, 0.4) is 0 Å². The number of nitrogens with two attached hydrogens (primary N) is 1. The van der Waals surface area contributed by atoms with Gasteiger partial charge in [-0.05, 0) is 25.5 Å². The van der Waals surface area contributed by atoms with Crippen molar-refractivity contribution in [2.24, 2.45) is 5.73 Å². The van der Waals surface area contributed by atoms with Crippen molar-refractivity contribution in [3.05, 3.63) is 27.2 Å². The van der Waals surface area contributed by atoms with Crippen LogP contribution >= 0.6 is 34.8 Å². The molecular formula is C11H14Cl3NO. The van der Waals surface area contributed by atoms with E-state index in [4.69, 9.17) is 45.3 Å². The second-order valence-corrected chi connectivity index (χ2v) is 4.64. The van der Waals surface area contributed by atoms with Crippen LogP contribution in [0, 0.1) is 0 Å². The van der Waals surface area contributed by atoms with Gasteiger partial charge in [-0.15, -0.1) is 0 Å². The van der Waals surface area contributed by atoms with E-state index in [0.29, 0.717) is 27.4 Å². The standard InChI is InChI=1S/C11H14Cl3NO/c1-2-7(3-4-15)16-11-6-9(13)8(12)5-10(11)14/h5-7H,2-4,15H2,1H3. The molecule has 0 heterocycles. The van der Waals surface area contributed by atoms with Gasteiger partial charge in [0.2, 0.25) is 0 Å². The van der Waals surface area contributed by atoms with Gasteiger partial charge in [0.15, 0.2) is 0 Å². The zero-order chi connectivity index (χ0) is 12.1. The average molecular weight is 283 g/mol. The molecule has 2 nitrogen and oxygen atoms in total. The van der Waals surface area contributed by atoms with Gasteiger partial charge in [0.05, 0.1) is 21.2 Å². The molecule has 1 atom stereocenters. The monoisotopic (exact) mass is 281 g/mol. The molecule has 0 bridgehead atoms. The highest BCUT2D eigenvalue weighted by Gasteiger charge is 2.12. The second kappa shape index (κ2) is 6.55. The third kappa shape index (κ3) is 3.70. The molecule has 0 aliphatic heterocycles. The summed E-state index contributed by atoms with van der Waals surface area (Å²) in [5, 5.41) is 1.32. The van der Waals surface area contributed by atoms with Crippen molar-refractivity contribution in [2.45, 2.75) is 25.9 Å². The van der Waals surface area contributed by atoms with Crippen LogP contribution in [0.25, 0.3) is 0 Å². The molecule has 0 saturated heterocycles. The molecule has 0 aliphatic rings. The summed E-state index contributed by atoms with van der Waals surface area (Å²) in [7, 11) is 0. The predicted molar refractivity (Wildman–Crippen MR) is 69.9 cm³/mol. The molecule has 0 aliphatic carbocycles. The molecule has 0 amide bonds. The minimum absolute atomic E-state index is 0.0553. The number of hydrogen-bond donors (Lipinski definition) is 1. The zero-order valence-corrected chi connectivity index (χ0v) is 11.2. The largest absolute Gasteiger partial charge is 0.489 e. The summed E-state index contributed by atoms with van der Waals surface area (Å²) >= 11 is 17.7. The Bertz CT molecular complexity index is 357. The van der Waals surface area contributed by atoms with Crippen molar-refractivity contribution < 1.29 is 4.74 Å². The molecule has 5 heteroatoms. The highest BCUT2D eigenvalue weighted by Crippen LogP contribution is 2.34. The van der Waals surface area contributed by atoms with E-state index >= 15 is 0 Å². The number of benzene rings is 1. The van der Waals surface area contributed by atoms with E-state index in [0.717, 1.165) is 12.8 Å². The van der Waals surface area contributed by atoms with E-state index in [1.54, 1.807) is 12.1 Å². The number of hydrogen-bond acceptors (Lipinski definition) is 2. The van der Waals surface area contributed by atoms with Crippen LogP contribution in [0.5, 0.6) is 5.75 Å². The molecule has 0 radical (unpaired) electrons. The summed E-state index contributed by atoms with van der Waals surface area (Å²) in [4.78, 5) is 0. The highest BCUT2D eigenvalue weighted by molar-refractivity contribution is 6.43. The maximum Gasteiger partial charge on any atom is 0.139 e. The van der Waals surface area contributed by atoms with Gasteiger partial charge in [-0.3, -0.25) is 0 Å². The van der Waals surface area contributed by atoms with Gasteiger partial charge < -0.3 is 10.5 Å². The maximum atomic E-state index is 6.00. The van der Waals surface area contributed by atoms with Crippen LogP contribution < -0.4 is 10.5 Å². The molecule has 2 N–H and O–H groups in total. The first-order valence-electron chi connectivity index (χ1n) is 5.09. The molecule has 0 saturated carbocycles. The van der Waals surface area contributed by atoms with Gasteiger partial charge in [0.25, 0.3) is 0 Å².